The SMILES string of the molecule is O=[P+](O)NP(=O)(O)O. The second-order valence-corrected chi connectivity index (χ2v) is 3.35. The molecule has 0 fully saturated rings. The highest BCUT2D eigenvalue weighted by atomic mass is 31.2. The first-order valence-electron chi connectivity index (χ1n) is 1.41. The largest absolute Gasteiger partial charge is 0.621 e. The van der Waals surface area contributed by atoms with Gasteiger partial charge < -0.3 is 9.79 Å². The second-order valence-electron chi connectivity index (χ2n) is 0.917. The fraction of sp³-hybridized carbons (Fsp3) is 0. The maximum Gasteiger partial charge on any atom is 0.621 e. The quantitative estimate of drug-likeness (QED) is 0.398. The molecule has 0 aromatic carbocycles. The molecular formula is H4NO5P2+. The number of nitrogens with one attached hydrogen (secondary N) is 1. The molecular weight excluding hydrogens is 156 g/mol. The van der Waals surface area contributed by atoms with Crippen LogP contribution in [-0.2, 0) is 9.13 Å². The average molecular weight is 160 g/mol. The summed E-state index contributed by atoms with van der Waals surface area (Å²) >= 11 is 0. The molecule has 0 rings (SSSR count). The van der Waals surface area contributed by atoms with Gasteiger partial charge in [-0.1, -0.05) is 0 Å². The molecule has 1 atom stereocenters. The van der Waals surface area contributed by atoms with Crippen LogP contribution in [0.4, 0.5) is 0 Å². The molecule has 0 radical (unpaired) electrons. The highest BCUT2D eigenvalue weighted by Gasteiger charge is 2.25. The third-order valence-corrected chi connectivity index (χ3v) is 1.94. The predicted octanol–water partition coefficient (Wildman–Crippen LogP) is -0.682. The topological polar surface area (TPSA) is 107 Å². The van der Waals surface area contributed by atoms with Gasteiger partial charge in [0.15, 0.2) is 0 Å². The van der Waals surface area contributed by atoms with Crippen molar-refractivity contribution in [1.82, 2.24) is 4.86 Å². The molecule has 4 N–H and O–H groups in total. The van der Waals surface area contributed by atoms with Crippen LogP contribution in [0.5, 0.6) is 0 Å². The standard InChI is InChI=1S/H3NO5P2/c2-7(3)1-8(4,5)6/h(H3-,1,2,3,4,5,6)/p+1. The summed E-state index contributed by atoms with van der Waals surface area (Å²) in [5.74, 6) is 0. The fourth-order valence-electron chi connectivity index (χ4n) is 0.111. The van der Waals surface area contributed by atoms with Crippen LogP contribution in [0.25, 0.3) is 0 Å². The van der Waals surface area contributed by atoms with Gasteiger partial charge in [0, 0.05) is 4.86 Å². The number of hydrogen-bond acceptors (Lipinski definition) is 2. The van der Waals surface area contributed by atoms with Crippen molar-refractivity contribution in [1.29, 1.82) is 0 Å². The Morgan fingerprint density at radius 1 is 1.50 bits per heavy atom. The normalized spacial score (nSPS) is 13.6. The van der Waals surface area contributed by atoms with Crippen molar-refractivity contribution in [2.45, 2.75) is 0 Å². The van der Waals surface area contributed by atoms with Crippen molar-refractivity contribution in [2.75, 3.05) is 0 Å². The number of hydrogen-bond donors (Lipinski definition) is 4. The summed E-state index contributed by atoms with van der Waals surface area (Å²) in [5, 5.41) is 0. The van der Waals surface area contributed by atoms with Gasteiger partial charge in [-0.15, -0.1) is 4.89 Å². The minimum atomic E-state index is -4.51. The first-order valence-corrected chi connectivity index (χ1v) is 4.24. The van der Waals surface area contributed by atoms with Crippen LogP contribution >= 0.6 is 15.9 Å². The third kappa shape index (κ3) is 6.17. The molecule has 0 aliphatic carbocycles. The monoisotopic (exact) mass is 160 g/mol. The highest BCUT2D eigenvalue weighted by Crippen LogP contribution is 2.34. The molecule has 0 aromatic rings. The Balaban J connectivity index is 3.74. The van der Waals surface area contributed by atoms with Crippen LogP contribution in [0.1, 0.15) is 0 Å². The Morgan fingerprint density at radius 2 is 1.88 bits per heavy atom. The van der Waals surface area contributed by atoms with Crippen molar-refractivity contribution in [3.63, 3.8) is 0 Å². The maximum atomic E-state index is 9.68. The molecule has 8 heteroatoms. The molecule has 1 unspecified atom stereocenters. The summed E-state index contributed by atoms with van der Waals surface area (Å²) in [6, 6.07) is 0. The van der Waals surface area contributed by atoms with E-state index in [0.29, 0.717) is 0 Å². The van der Waals surface area contributed by atoms with Gasteiger partial charge in [-0.3, -0.25) is 0 Å². The zero-order valence-corrected chi connectivity index (χ0v) is 5.34. The molecule has 0 saturated carbocycles. The summed E-state index contributed by atoms with van der Waals surface area (Å²) in [6.45, 7) is 0. The van der Waals surface area contributed by atoms with Gasteiger partial charge in [0.2, 0.25) is 0 Å². The van der Waals surface area contributed by atoms with Crippen molar-refractivity contribution >= 4 is 15.9 Å². The molecule has 0 spiro atoms. The fourth-order valence-corrected chi connectivity index (χ4v) is 1.00. The molecule has 0 aliphatic rings. The maximum absolute atomic E-state index is 9.68. The van der Waals surface area contributed by atoms with Crippen LogP contribution in [0.3, 0.4) is 0 Å². The molecule has 6 nitrogen and oxygen atoms in total. The van der Waals surface area contributed by atoms with E-state index in [4.69, 9.17) is 14.7 Å². The summed E-state index contributed by atoms with van der Waals surface area (Å²) in [4.78, 5) is 24.6. The minimum absolute atomic E-state index is 1.11. The van der Waals surface area contributed by atoms with Crippen molar-refractivity contribution < 1.29 is 23.8 Å². The minimum Gasteiger partial charge on any atom is -0.310 e. The summed E-state index contributed by atoms with van der Waals surface area (Å²) in [5.41, 5.74) is 0. The van der Waals surface area contributed by atoms with Crippen molar-refractivity contribution in [3.05, 3.63) is 0 Å². The van der Waals surface area contributed by atoms with E-state index >= 15 is 0 Å². The molecule has 0 bridgehead atoms. The lowest BCUT2D eigenvalue weighted by Gasteiger charge is -1.89. The lowest BCUT2D eigenvalue weighted by Crippen LogP contribution is -1.96. The van der Waals surface area contributed by atoms with E-state index in [0.717, 1.165) is 4.86 Å². The van der Waals surface area contributed by atoms with Gasteiger partial charge in [-0.2, -0.15) is 0 Å². The van der Waals surface area contributed by atoms with Crippen LogP contribution in [0.2, 0.25) is 0 Å². The smallest absolute Gasteiger partial charge is 0.310 e. The molecule has 0 heterocycles. The molecule has 48 valence electrons. The van der Waals surface area contributed by atoms with Crippen molar-refractivity contribution in [3.8, 4) is 0 Å². The molecule has 8 heavy (non-hydrogen) atoms. The van der Waals surface area contributed by atoms with Gasteiger partial charge in [0.05, 0.1) is 0 Å². The third-order valence-electron chi connectivity index (χ3n) is 0.216. The summed E-state index contributed by atoms with van der Waals surface area (Å²) in [7, 11) is -7.46. The molecule has 0 amide bonds. The van der Waals surface area contributed by atoms with E-state index < -0.39 is 15.9 Å². The van der Waals surface area contributed by atoms with E-state index in [-0.39, 0.29) is 0 Å². The van der Waals surface area contributed by atoms with Crippen LogP contribution in [-0.4, -0.2) is 14.7 Å². The summed E-state index contributed by atoms with van der Waals surface area (Å²) in [6.07, 6.45) is 0. The zero-order valence-electron chi connectivity index (χ0n) is 3.55. The Labute approximate surface area is 45.7 Å². The van der Waals surface area contributed by atoms with Gasteiger partial charge in [-0.25, -0.2) is 4.57 Å². The number of rotatable bonds is 2. The second kappa shape index (κ2) is 2.64. The van der Waals surface area contributed by atoms with E-state index in [9.17, 15) is 9.13 Å². The molecule has 0 aromatic heterocycles. The predicted molar refractivity (Wildman–Crippen MR) is 25.0 cm³/mol. The highest BCUT2D eigenvalue weighted by molar-refractivity contribution is 7.60. The van der Waals surface area contributed by atoms with E-state index in [1.54, 1.807) is 0 Å². The Kier molecular flexibility index (Phi) is 2.70. The Morgan fingerprint density at radius 3 is 1.88 bits per heavy atom. The van der Waals surface area contributed by atoms with E-state index in [2.05, 4.69) is 0 Å². The Bertz CT molecular complexity index is 133. The van der Waals surface area contributed by atoms with Crippen LogP contribution in [0.15, 0.2) is 0 Å². The lowest BCUT2D eigenvalue weighted by atomic mass is 13.9. The lowest BCUT2D eigenvalue weighted by molar-refractivity contribution is 0.365. The van der Waals surface area contributed by atoms with Gasteiger partial charge >= 0.3 is 15.9 Å². The van der Waals surface area contributed by atoms with E-state index in [1.807, 2.05) is 0 Å². The molecule has 0 saturated heterocycles. The summed E-state index contributed by atoms with van der Waals surface area (Å²) < 4.78 is 19.2. The van der Waals surface area contributed by atoms with E-state index in [1.165, 1.54) is 0 Å². The first-order chi connectivity index (χ1) is 3.42. The van der Waals surface area contributed by atoms with Crippen LogP contribution in [0, 0.1) is 0 Å². The molecule has 0 aliphatic heterocycles. The first kappa shape index (κ1) is 8.17. The average Bonchev–Trinajstić information content (AvgIpc) is 1.21. The van der Waals surface area contributed by atoms with Gasteiger partial charge in [0.1, 0.15) is 0 Å². The van der Waals surface area contributed by atoms with Gasteiger partial charge in [0.25, 0.3) is 0 Å². The van der Waals surface area contributed by atoms with Crippen LogP contribution < -0.4 is 4.86 Å². The Hall–Kier alpha value is 0.170. The zero-order chi connectivity index (χ0) is 6.78. The van der Waals surface area contributed by atoms with Crippen molar-refractivity contribution in [2.24, 2.45) is 0 Å². The van der Waals surface area contributed by atoms with Gasteiger partial charge in [-0.05, 0) is 4.57 Å².